The molecule has 2 aromatic carbocycles. The molecule has 1 N–H and O–H groups in total. The summed E-state index contributed by atoms with van der Waals surface area (Å²) >= 11 is 0. The molecular weight excluding hydrogens is 292 g/mol. The number of fused-ring (bicyclic) bond motifs is 1. The smallest absolute Gasteiger partial charge is 0.255 e. The van der Waals surface area contributed by atoms with Gasteiger partial charge in [0.2, 0.25) is 0 Å². The van der Waals surface area contributed by atoms with Crippen LogP contribution in [0.3, 0.4) is 0 Å². The Morgan fingerprint density at radius 2 is 1.83 bits per heavy atom. The van der Waals surface area contributed by atoms with Gasteiger partial charge < -0.3 is 19.7 Å². The maximum Gasteiger partial charge on any atom is 0.255 e. The highest BCUT2D eigenvalue weighted by atomic mass is 16.5. The number of amides is 1. The van der Waals surface area contributed by atoms with Crippen molar-refractivity contribution in [3.8, 4) is 11.5 Å². The molecule has 0 aromatic heterocycles. The molecule has 0 atom stereocenters. The lowest BCUT2D eigenvalue weighted by Gasteiger charge is -2.14. The van der Waals surface area contributed by atoms with Crippen molar-refractivity contribution in [2.24, 2.45) is 0 Å². The Kier molecular flexibility index (Phi) is 4.37. The molecule has 1 aliphatic heterocycles. The molecule has 0 saturated heterocycles. The quantitative estimate of drug-likeness (QED) is 0.946. The number of hydrogen-bond donors (Lipinski definition) is 1. The summed E-state index contributed by atoms with van der Waals surface area (Å²) in [5.41, 5.74) is 2.29. The van der Waals surface area contributed by atoms with Gasteiger partial charge in [-0.15, -0.1) is 0 Å². The van der Waals surface area contributed by atoms with Crippen LogP contribution in [-0.2, 0) is 0 Å². The van der Waals surface area contributed by atoms with Crippen LogP contribution in [0.1, 0.15) is 16.8 Å². The first-order valence-electron chi connectivity index (χ1n) is 7.62. The Bertz CT molecular complexity index is 713. The monoisotopic (exact) mass is 312 g/mol. The van der Waals surface area contributed by atoms with Crippen molar-refractivity contribution in [2.75, 3.05) is 37.5 Å². The minimum atomic E-state index is -0.150. The van der Waals surface area contributed by atoms with Crippen LogP contribution in [0.5, 0.6) is 11.5 Å². The second-order valence-electron chi connectivity index (χ2n) is 5.61. The van der Waals surface area contributed by atoms with Gasteiger partial charge in [0.25, 0.3) is 5.91 Å². The van der Waals surface area contributed by atoms with Crippen LogP contribution in [0.4, 0.5) is 11.4 Å². The van der Waals surface area contributed by atoms with Gasteiger partial charge in [-0.05, 0) is 30.3 Å². The number of carbonyl (C=O) groups is 1. The van der Waals surface area contributed by atoms with Crippen LogP contribution >= 0.6 is 0 Å². The van der Waals surface area contributed by atoms with E-state index in [1.54, 1.807) is 12.1 Å². The first-order valence-corrected chi connectivity index (χ1v) is 7.62. The summed E-state index contributed by atoms with van der Waals surface area (Å²) in [6.45, 7) is 1.27. The summed E-state index contributed by atoms with van der Waals surface area (Å²) < 4.78 is 11.2. The van der Waals surface area contributed by atoms with E-state index in [0.29, 0.717) is 30.2 Å². The van der Waals surface area contributed by atoms with Crippen LogP contribution in [0, 0.1) is 0 Å². The second-order valence-corrected chi connectivity index (χ2v) is 5.61. The van der Waals surface area contributed by atoms with Crippen LogP contribution in [-0.4, -0.2) is 33.2 Å². The molecule has 5 nitrogen and oxygen atoms in total. The lowest BCUT2D eigenvalue weighted by Crippen LogP contribution is -2.14. The predicted octanol–water partition coefficient (Wildman–Crippen LogP) is 3.17. The van der Waals surface area contributed by atoms with Gasteiger partial charge in [-0.3, -0.25) is 4.79 Å². The summed E-state index contributed by atoms with van der Waals surface area (Å²) in [6.07, 6.45) is 0.855. The molecule has 0 saturated carbocycles. The lowest BCUT2D eigenvalue weighted by molar-refractivity contribution is 0.102. The third kappa shape index (κ3) is 3.56. The van der Waals surface area contributed by atoms with Crippen molar-refractivity contribution in [3.63, 3.8) is 0 Å². The van der Waals surface area contributed by atoms with Crippen molar-refractivity contribution >= 4 is 17.3 Å². The van der Waals surface area contributed by atoms with Gasteiger partial charge in [0.15, 0.2) is 11.5 Å². The summed E-state index contributed by atoms with van der Waals surface area (Å²) in [5.74, 6) is 1.24. The zero-order valence-electron chi connectivity index (χ0n) is 13.3. The average molecular weight is 312 g/mol. The maximum absolute atomic E-state index is 12.4. The summed E-state index contributed by atoms with van der Waals surface area (Å²) in [7, 11) is 3.89. The van der Waals surface area contributed by atoms with E-state index >= 15 is 0 Å². The van der Waals surface area contributed by atoms with E-state index in [-0.39, 0.29) is 5.91 Å². The Balaban J connectivity index is 1.77. The van der Waals surface area contributed by atoms with Gasteiger partial charge in [-0.1, -0.05) is 6.07 Å². The van der Waals surface area contributed by atoms with Gasteiger partial charge in [-0.2, -0.15) is 0 Å². The fourth-order valence-electron chi connectivity index (χ4n) is 2.37. The number of hydrogen-bond acceptors (Lipinski definition) is 4. The third-order valence-electron chi connectivity index (χ3n) is 3.63. The molecule has 5 heteroatoms. The first kappa shape index (κ1) is 15.2. The minimum absolute atomic E-state index is 0.150. The van der Waals surface area contributed by atoms with Gasteiger partial charge >= 0.3 is 0 Å². The Hall–Kier alpha value is -2.69. The van der Waals surface area contributed by atoms with Gasteiger partial charge in [0.05, 0.1) is 13.2 Å². The number of ether oxygens (including phenoxy) is 2. The SMILES string of the molecule is CN(C)c1cccc(C(=O)Nc2ccc3c(c2)OCCCO3)c1. The van der Waals surface area contributed by atoms with Crippen molar-refractivity contribution in [1.82, 2.24) is 0 Å². The Labute approximate surface area is 135 Å². The predicted molar refractivity (Wildman–Crippen MR) is 90.8 cm³/mol. The molecule has 0 radical (unpaired) electrons. The molecule has 0 bridgehead atoms. The van der Waals surface area contributed by atoms with Crippen molar-refractivity contribution in [1.29, 1.82) is 0 Å². The summed E-state index contributed by atoms with van der Waals surface area (Å²) in [6, 6.07) is 12.9. The van der Waals surface area contributed by atoms with Crippen LogP contribution in [0.15, 0.2) is 42.5 Å². The summed E-state index contributed by atoms with van der Waals surface area (Å²) in [5, 5.41) is 2.90. The van der Waals surface area contributed by atoms with Crippen LogP contribution in [0.25, 0.3) is 0 Å². The third-order valence-corrected chi connectivity index (χ3v) is 3.63. The molecule has 0 unspecified atom stereocenters. The van der Waals surface area contributed by atoms with E-state index in [1.807, 2.05) is 49.3 Å². The number of nitrogens with zero attached hydrogens (tertiary/aromatic N) is 1. The highest BCUT2D eigenvalue weighted by Crippen LogP contribution is 2.32. The standard InChI is InChI=1S/C18H20N2O3/c1-20(2)15-6-3-5-13(11-15)18(21)19-14-7-8-16-17(12-14)23-10-4-9-22-16/h3,5-8,11-12H,4,9-10H2,1-2H3,(H,19,21). The number of carbonyl (C=O) groups excluding carboxylic acids is 1. The molecule has 1 heterocycles. The van der Waals surface area contributed by atoms with E-state index in [4.69, 9.17) is 9.47 Å². The van der Waals surface area contributed by atoms with Gasteiger partial charge in [-0.25, -0.2) is 0 Å². The van der Waals surface area contributed by atoms with Crippen LogP contribution < -0.4 is 19.7 Å². The van der Waals surface area contributed by atoms with Crippen molar-refractivity contribution < 1.29 is 14.3 Å². The number of benzene rings is 2. The molecule has 23 heavy (non-hydrogen) atoms. The highest BCUT2D eigenvalue weighted by molar-refractivity contribution is 6.05. The zero-order valence-corrected chi connectivity index (χ0v) is 13.3. The number of anilines is 2. The minimum Gasteiger partial charge on any atom is -0.490 e. The molecule has 2 aromatic rings. The van der Waals surface area contributed by atoms with E-state index < -0.39 is 0 Å². The molecule has 3 rings (SSSR count). The molecule has 0 aliphatic carbocycles. The zero-order chi connectivity index (χ0) is 16.2. The highest BCUT2D eigenvalue weighted by Gasteiger charge is 2.13. The first-order chi connectivity index (χ1) is 11.1. The lowest BCUT2D eigenvalue weighted by atomic mass is 10.1. The second kappa shape index (κ2) is 6.60. The normalized spacial score (nSPS) is 13.1. The fraction of sp³-hybridized carbons (Fsp3) is 0.278. The van der Waals surface area contributed by atoms with Gasteiger partial charge in [0.1, 0.15) is 0 Å². The molecule has 120 valence electrons. The van der Waals surface area contributed by atoms with Crippen molar-refractivity contribution in [3.05, 3.63) is 48.0 Å². The fourth-order valence-corrected chi connectivity index (χ4v) is 2.37. The van der Waals surface area contributed by atoms with Crippen molar-refractivity contribution in [2.45, 2.75) is 6.42 Å². The van der Waals surface area contributed by atoms with Crippen LogP contribution in [0.2, 0.25) is 0 Å². The topological polar surface area (TPSA) is 50.8 Å². The number of nitrogens with one attached hydrogen (secondary N) is 1. The number of rotatable bonds is 3. The van der Waals surface area contributed by atoms with Gasteiger partial charge in [0, 0.05) is 43.5 Å². The van der Waals surface area contributed by atoms with E-state index in [2.05, 4.69) is 5.32 Å². The average Bonchev–Trinajstić information content (AvgIpc) is 2.79. The Morgan fingerprint density at radius 1 is 1.04 bits per heavy atom. The van der Waals surface area contributed by atoms with E-state index in [0.717, 1.165) is 17.9 Å². The largest absolute Gasteiger partial charge is 0.490 e. The molecule has 1 aliphatic rings. The van der Waals surface area contributed by atoms with E-state index in [1.165, 1.54) is 0 Å². The maximum atomic E-state index is 12.4. The van der Waals surface area contributed by atoms with E-state index in [9.17, 15) is 4.79 Å². The molecular formula is C18H20N2O3. The molecule has 0 fully saturated rings. The summed E-state index contributed by atoms with van der Waals surface area (Å²) in [4.78, 5) is 14.4. The molecule has 0 spiro atoms. The molecule has 1 amide bonds. The Morgan fingerprint density at radius 3 is 2.61 bits per heavy atom.